The van der Waals surface area contributed by atoms with Gasteiger partial charge in [0.2, 0.25) is 0 Å². The standard InChI is InChI=1S/C18H18N2O3/c1-12-7-3-4-8-13(12)11-19-16(21)18(2)17(22)20-14-9-5-6-10-15(14)23-18/h3-10H,11H2,1-2H3,(H,19,21)(H,20,22)/t18-/m0/s1. The molecule has 1 heterocycles. The third-order valence-electron chi connectivity index (χ3n) is 4.02. The number of hydrogen-bond donors (Lipinski definition) is 2. The lowest BCUT2D eigenvalue weighted by Gasteiger charge is -2.33. The Morgan fingerprint density at radius 1 is 1.17 bits per heavy atom. The van der Waals surface area contributed by atoms with Crippen LogP contribution in [0.2, 0.25) is 0 Å². The molecule has 3 rings (SSSR count). The van der Waals surface area contributed by atoms with Gasteiger partial charge >= 0.3 is 0 Å². The second kappa shape index (κ2) is 5.76. The molecular formula is C18H18N2O3. The van der Waals surface area contributed by atoms with Crippen LogP contribution in [0.1, 0.15) is 18.1 Å². The molecule has 1 aliphatic heterocycles. The van der Waals surface area contributed by atoms with Crippen molar-refractivity contribution in [2.75, 3.05) is 5.32 Å². The molecule has 2 aromatic carbocycles. The summed E-state index contributed by atoms with van der Waals surface area (Å²) in [4.78, 5) is 24.8. The normalized spacial score (nSPS) is 19.3. The van der Waals surface area contributed by atoms with Gasteiger partial charge in [0, 0.05) is 6.54 Å². The zero-order valence-corrected chi connectivity index (χ0v) is 13.1. The highest BCUT2D eigenvalue weighted by Crippen LogP contribution is 2.33. The molecule has 0 fully saturated rings. The Morgan fingerprint density at radius 2 is 1.87 bits per heavy atom. The van der Waals surface area contributed by atoms with E-state index in [-0.39, 0.29) is 0 Å². The highest BCUT2D eigenvalue weighted by Gasteiger charge is 2.47. The van der Waals surface area contributed by atoms with Crippen LogP contribution in [0.3, 0.4) is 0 Å². The monoisotopic (exact) mass is 310 g/mol. The molecule has 23 heavy (non-hydrogen) atoms. The first kappa shape index (κ1) is 15.1. The van der Waals surface area contributed by atoms with Crippen molar-refractivity contribution in [1.82, 2.24) is 5.32 Å². The van der Waals surface area contributed by atoms with Crippen LogP contribution in [0.15, 0.2) is 48.5 Å². The highest BCUT2D eigenvalue weighted by atomic mass is 16.5. The number of rotatable bonds is 3. The zero-order valence-electron chi connectivity index (χ0n) is 13.1. The van der Waals surface area contributed by atoms with Crippen molar-refractivity contribution in [3.63, 3.8) is 0 Å². The molecule has 0 bridgehead atoms. The van der Waals surface area contributed by atoms with Crippen LogP contribution in [-0.4, -0.2) is 17.4 Å². The van der Waals surface area contributed by atoms with Crippen molar-refractivity contribution in [3.05, 3.63) is 59.7 Å². The van der Waals surface area contributed by atoms with E-state index in [1.807, 2.05) is 31.2 Å². The average Bonchev–Trinajstić information content (AvgIpc) is 2.55. The molecule has 118 valence electrons. The van der Waals surface area contributed by atoms with Gasteiger partial charge in [-0.1, -0.05) is 36.4 Å². The second-order valence-corrected chi connectivity index (χ2v) is 5.69. The van der Waals surface area contributed by atoms with Crippen LogP contribution < -0.4 is 15.4 Å². The van der Waals surface area contributed by atoms with Gasteiger partial charge in [0.15, 0.2) is 0 Å². The summed E-state index contributed by atoms with van der Waals surface area (Å²) in [6.07, 6.45) is 0. The van der Waals surface area contributed by atoms with Gasteiger partial charge in [-0.2, -0.15) is 0 Å². The van der Waals surface area contributed by atoms with E-state index in [1.165, 1.54) is 6.92 Å². The van der Waals surface area contributed by atoms with Gasteiger partial charge in [0.25, 0.3) is 17.4 Å². The maximum Gasteiger partial charge on any atom is 0.278 e. The summed E-state index contributed by atoms with van der Waals surface area (Å²) < 4.78 is 5.69. The summed E-state index contributed by atoms with van der Waals surface area (Å²) in [6.45, 7) is 3.80. The minimum absolute atomic E-state index is 0.347. The number of carbonyl (C=O) groups excluding carboxylic acids is 2. The SMILES string of the molecule is Cc1ccccc1CNC(=O)[C@]1(C)Oc2ccccc2NC1=O. The second-order valence-electron chi connectivity index (χ2n) is 5.69. The number of hydrogen-bond acceptors (Lipinski definition) is 3. The number of aryl methyl sites for hydroxylation is 1. The van der Waals surface area contributed by atoms with Crippen LogP contribution in [0.25, 0.3) is 0 Å². The molecule has 0 unspecified atom stereocenters. The Balaban J connectivity index is 1.76. The molecule has 1 atom stereocenters. The van der Waals surface area contributed by atoms with Gasteiger partial charge in [0.05, 0.1) is 5.69 Å². The van der Waals surface area contributed by atoms with E-state index in [2.05, 4.69) is 10.6 Å². The summed E-state index contributed by atoms with van der Waals surface area (Å²) in [6, 6.07) is 14.8. The zero-order chi connectivity index (χ0) is 16.4. The lowest BCUT2D eigenvalue weighted by molar-refractivity contribution is -0.146. The number of nitrogens with one attached hydrogen (secondary N) is 2. The summed E-state index contributed by atoms with van der Waals surface area (Å²) in [5.41, 5.74) is 1.07. The first-order valence-corrected chi connectivity index (χ1v) is 7.43. The van der Waals surface area contributed by atoms with E-state index in [4.69, 9.17) is 4.74 Å². The van der Waals surface area contributed by atoms with Crippen LogP contribution in [0.5, 0.6) is 5.75 Å². The van der Waals surface area contributed by atoms with E-state index >= 15 is 0 Å². The molecule has 2 N–H and O–H groups in total. The fraction of sp³-hybridized carbons (Fsp3) is 0.222. The predicted molar refractivity (Wildman–Crippen MR) is 87.1 cm³/mol. The van der Waals surface area contributed by atoms with Crippen molar-refractivity contribution in [3.8, 4) is 5.75 Å². The summed E-state index contributed by atoms with van der Waals surface area (Å²) in [5, 5.41) is 5.50. The number of amides is 2. The maximum absolute atomic E-state index is 12.5. The van der Waals surface area contributed by atoms with Crippen LogP contribution in [0, 0.1) is 6.92 Å². The fourth-order valence-electron chi connectivity index (χ4n) is 2.47. The summed E-state index contributed by atoms with van der Waals surface area (Å²) in [5.74, 6) is -0.452. The van der Waals surface area contributed by atoms with Crippen molar-refractivity contribution >= 4 is 17.5 Å². The van der Waals surface area contributed by atoms with Gasteiger partial charge in [-0.05, 0) is 37.1 Å². The molecular weight excluding hydrogens is 292 g/mol. The Labute approximate surface area is 134 Å². The molecule has 0 saturated carbocycles. The number of fused-ring (bicyclic) bond motifs is 1. The molecule has 0 radical (unpaired) electrons. The molecule has 0 aromatic heterocycles. The highest BCUT2D eigenvalue weighted by molar-refractivity contribution is 6.15. The minimum atomic E-state index is -1.59. The van der Waals surface area contributed by atoms with E-state index in [0.717, 1.165) is 11.1 Å². The molecule has 2 aromatic rings. The third-order valence-corrected chi connectivity index (χ3v) is 4.02. The molecule has 0 aliphatic carbocycles. The van der Waals surface area contributed by atoms with E-state index in [1.54, 1.807) is 24.3 Å². The summed E-state index contributed by atoms with van der Waals surface area (Å²) >= 11 is 0. The van der Waals surface area contributed by atoms with E-state index in [0.29, 0.717) is 18.0 Å². The minimum Gasteiger partial charge on any atom is -0.466 e. The summed E-state index contributed by atoms with van der Waals surface area (Å²) in [7, 11) is 0. The largest absolute Gasteiger partial charge is 0.466 e. The average molecular weight is 310 g/mol. The van der Waals surface area contributed by atoms with E-state index < -0.39 is 17.4 Å². The van der Waals surface area contributed by atoms with Crippen LogP contribution in [0.4, 0.5) is 5.69 Å². The number of carbonyl (C=O) groups is 2. The maximum atomic E-state index is 12.5. The van der Waals surface area contributed by atoms with Crippen LogP contribution >= 0.6 is 0 Å². The first-order chi connectivity index (χ1) is 11.0. The van der Waals surface area contributed by atoms with E-state index in [9.17, 15) is 9.59 Å². The van der Waals surface area contributed by atoms with Crippen molar-refractivity contribution in [1.29, 1.82) is 0 Å². The van der Waals surface area contributed by atoms with Crippen molar-refractivity contribution < 1.29 is 14.3 Å². The Morgan fingerprint density at radius 3 is 2.65 bits per heavy atom. The van der Waals surface area contributed by atoms with Crippen molar-refractivity contribution in [2.24, 2.45) is 0 Å². The lowest BCUT2D eigenvalue weighted by atomic mass is 10.0. The predicted octanol–water partition coefficient (Wildman–Crippen LogP) is 2.40. The smallest absolute Gasteiger partial charge is 0.278 e. The van der Waals surface area contributed by atoms with Gasteiger partial charge in [-0.3, -0.25) is 9.59 Å². The fourth-order valence-corrected chi connectivity index (χ4v) is 2.47. The molecule has 2 amide bonds. The van der Waals surface area contributed by atoms with Gasteiger partial charge in [-0.15, -0.1) is 0 Å². The Bertz CT molecular complexity index is 772. The first-order valence-electron chi connectivity index (χ1n) is 7.43. The third kappa shape index (κ3) is 2.77. The topological polar surface area (TPSA) is 67.4 Å². The number of ether oxygens (including phenoxy) is 1. The Hall–Kier alpha value is -2.82. The quantitative estimate of drug-likeness (QED) is 0.856. The molecule has 5 nitrogen and oxygen atoms in total. The van der Waals surface area contributed by atoms with Crippen molar-refractivity contribution in [2.45, 2.75) is 26.0 Å². The number of benzene rings is 2. The van der Waals surface area contributed by atoms with Gasteiger partial charge in [0.1, 0.15) is 5.75 Å². The molecule has 1 aliphatic rings. The molecule has 5 heteroatoms. The molecule has 0 saturated heterocycles. The number of anilines is 1. The number of para-hydroxylation sites is 2. The Kier molecular flexibility index (Phi) is 3.78. The molecule has 0 spiro atoms. The lowest BCUT2D eigenvalue weighted by Crippen LogP contribution is -2.58. The van der Waals surface area contributed by atoms with Crippen LogP contribution in [-0.2, 0) is 16.1 Å². The van der Waals surface area contributed by atoms with Gasteiger partial charge in [-0.25, -0.2) is 0 Å². The van der Waals surface area contributed by atoms with Gasteiger partial charge < -0.3 is 15.4 Å².